The number of quaternary nitrogens is 2. The van der Waals surface area contributed by atoms with Crippen molar-refractivity contribution in [2.45, 2.75) is 64.1 Å². The van der Waals surface area contributed by atoms with Gasteiger partial charge in [-0.25, -0.2) is 0 Å². The molecule has 1 unspecified atom stereocenters. The van der Waals surface area contributed by atoms with E-state index in [9.17, 15) is 0 Å². The third kappa shape index (κ3) is 4.11. The van der Waals surface area contributed by atoms with Crippen LogP contribution in [0.5, 0.6) is 0 Å². The fourth-order valence-corrected chi connectivity index (χ4v) is 4.76. The summed E-state index contributed by atoms with van der Waals surface area (Å²) in [6, 6.07) is 12.8. The lowest BCUT2D eigenvalue weighted by molar-refractivity contribution is -0.967. The molecular formula is C20H34N2+2. The first-order chi connectivity index (χ1) is 10.7. The second-order valence-electron chi connectivity index (χ2n) is 7.91. The van der Waals surface area contributed by atoms with Crippen LogP contribution in [0.4, 0.5) is 0 Å². The van der Waals surface area contributed by atoms with Crippen LogP contribution in [0.1, 0.15) is 51.0 Å². The van der Waals surface area contributed by atoms with E-state index in [1.165, 1.54) is 63.7 Å². The van der Waals surface area contributed by atoms with Gasteiger partial charge in [0.1, 0.15) is 6.54 Å². The number of rotatable bonds is 4. The van der Waals surface area contributed by atoms with Crippen LogP contribution >= 0.6 is 0 Å². The van der Waals surface area contributed by atoms with Gasteiger partial charge >= 0.3 is 0 Å². The van der Waals surface area contributed by atoms with E-state index in [1.807, 2.05) is 4.90 Å². The van der Waals surface area contributed by atoms with Crippen molar-refractivity contribution >= 4 is 0 Å². The van der Waals surface area contributed by atoms with Crippen molar-refractivity contribution in [1.29, 1.82) is 0 Å². The summed E-state index contributed by atoms with van der Waals surface area (Å²) in [5, 5.41) is 0. The maximum absolute atomic E-state index is 2.45. The molecule has 1 saturated carbocycles. The van der Waals surface area contributed by atoms with Crippen LogP contribution in [-0.2, 0) is 6.54 Å². The molecule has 1 aromatic carbocycles. The Bertz CT molecular complexity index is 436. The molecule has 2 nitrogen and oxygen atoms in total. The minimum atomic E-state index is 0.866. The molecule has 3 rings (SSSR count). The highest BCUT2D eigenvalue weighted by Crippen LogP contribution is 2.22. The maximum atomic E-state index is 2.45. The Labute approximate surface area is 136 Å². The van der Waals surface area contributed by atoms with Gasteiger partial charge in [-0.3, -0.25) is 0 Å². The highest BCUT2D eigenvalue weighted by Gasteiger charge is 2.33. The Hall–Kier alpha value is -0.860. The van der Waals surface area contributed by atoms with E-state index in [1.54, 1.807) is 4.90 Å². The smallest absolute Gasteiger partial charge is 0.103 e. The fourth-order valence-electron chi connectivity index (χ4n) is 4.76. The molecule has 2 fully saturated rings. The molecule has 0 aromatic heterocycles. The Morgan fingerprint density at radius 3 is 2.45 bits per heavy atom. The van der Waals surface area contributed by atoms with Gasteiger partial charge in [0.2, 0.25) is 0 Å². The first-order valence-electron chi connectivity index (χ1n) is 9.43. The lowest BCUT2D eigenvalue weighted by Crippen LogP contribution is -3.20. The van der Waals surface area contributed by atoms with Crippen LogP contribution < -0.4 is 9.80 Å². The molecule has 0 radical (unpaired) electrons. The molecule has 2 N–H and O–H groups in total. The molecule has 3 atom stereocenters. The Morgan fingerprint density at radius 1 is 1.05 bits per heavy atom. The molecular weight excluding hydrogens is 268 g/mol. The molecule has 1 aliphatic heterocycles. The van der Waals surface area contributed by atoms with Crippen LogP contribution in [0, 0.1) is 5.92 Å². The largest absolute Gasteiger partial charge is 0.332 e. The van der Waals surface area contributed by atoms with E-state index in [4.69, 9.17) is 0 Å². The first-order valence-corrected chi connectivity index (χ1v) is 9.43. The lowest BCUT2D eigenvalue weighted by Gasteiger charge is -2.39. The third-order valence-electron chi connectivity index (χ3n) is 6.16. The lowest BCUT2D eigenvalue weighted by atomic mass is 9.85. The number of likely N-dealkylation sites (tertiary alicyclic amines) is 1. The number of benzene rings is 1. The Morgan fingerprint density at radius 2 is 1.77 bits per heavy atom. The van der Waals surface area contributed by atoms with E-state index < -0.39 is 0 Å². The first kappa shape index (κ1) is 16.0. The van der Waals surface area contributed by atoms with Crippen LogP contribution in [0.15, 0.2) is 30.3 Å². The van der Waals surface area contributed by atoms with Crippen LogP contribution in [-0.4, -0.2) is 32.2 Å². The van der Waals surface area contributed by atoms with Crippen molar-refractivity contribution in [2.24, 2.45) is 5.92 Å². The molecule has 0 spiro atoms. The molecule has 22 heavy (non-hydrogen) atoms. The summed E-state index contributed by atoms with van der Waals surface area (Å²) in [5.41, 5.74) is 1.48. The SMILES string of the molecule is C[C@@H]1CCC[C@@H]([NH+]2CCC([NH+](C)Cc3ccccc3)CC2)C1. The summed E-state index contributed by atoms with van der Waals surface area (Å²) >= 11 is 0. The van der Waals surface area contributed by atoms with Crippen molar-refractivity contribution < 1.29 is 9.80 Å². The zero-order valence-electron chi connectivity index (χ0n) is 14.5. The topological polar surface area (TPSA) is 8.88 Å². The summed E-state index contributed by atoms with van der Waals surface area (Å²) < 4.78 is 0. The van der Waals surface area contributed by atoms with Gasteiger partial charge < -0.3 is 9.80 Å². The molecule has 1 aliphatic carbocycles. The number of hydrogen-bond acceptors (Lipinski definition) is 0. The van der Waals surface area contributed by atoms with E-state index in [-0.39, 0.29) is 0 Å². The second-order valence-corrected chi connectivity index (χ2v) is 7.91. The quantitative estimate of drug-likeness (QED) is 0.830. The molecule has 0 bridgehead atoms. The zero-order chi connectivity index (χ0) is 15.4. The van der Waals surface area contributed by atoms with Gasteiger partial charge in [0.25, 0.3) is 0 Å². The molecule has 2 heteroatoms. The standard InChI is InChI=1S/C20H32N2/c1-17-7-6-10-20(15-17)22-13-11-19(12-14-22)21(2)16-18-8-4-3-5-9-18/h3-5,8-9,17,19-20H,6-7,10-16H2,1-2H3/p+2/t17-,20-/m1/s1. The summed E-state index contributed by atoms with van der Waals surface area (Å²) in [7, 11) is 2.39. The van der Waals surface area contributed by atoms with Crippen LogP contribution in [0.2, 0.25) is 0 Å². The van der Waals surface area contributed by atoms with Gasteiger partial charge in [0, 0.05) is 24.8 Å². The van der Waals surface area contributed by atoms with Gasteiger partial charge in [-0.15, -0.1) is 0 Å². The predicted octanol–water partition coefficient (Wildman–Crippen LogP) is 1.33. The van der Waals surface area contributed by atoms with E-state index in [0.29, 0.717) is 0 Å². The minimum absolute atomic E-state index is 0.866. The van der Waals surface area contributed by atoms with Gasteiger partial charge in [-0.05, 0) is 18.8 Å². The fraction of sp³-hybridized carbons (Fsp3) is 0.700. The highest BCUT2D eigenvalue weighted by molar-refractivity contribution is 5.13. The number of nitrogens with one attached hydrogen (secondary N) is 2. The molecule has 1 aromatic rings. The average molecular weight is 303 g/mol. The van der Waals surface area contributed by atoms with Gasteiger partial charge in [-0.2, -0.15) is 0 Å². The maximum Gasteiger partial charge on any atom is 0.103 e. The molecule has 1 saturated heterocycles. The predicted molar refractivity (Wildman–Crippen MR) is 92.2 cm³/mol. The van der Waals surface area contributed by atoms with E-state index in [2.05, 4.69) is 44.3 Å². The van der Waals surface area contributed by atoms with Crippen molar-refractivity contribution in [3.63, 3.8) is 0 Å². The molecule has 122 valence electrons. The van der Waals surface area contributed by atoms with Crippen molar-refractivity contribution in [3.05, 3.63) is 35.9 Å². The highest BCUT2D eigenvalue weighted by atomic mass is 15.2. The third-order valence-corrected chi connectivity index (χ3v) is 6.16. The number of piperidine rings is 1. The van der Waals surface area contributed by atoms with Gasteiger partial charge in [0.05, 0.1) is 32.2 Å². The second kappa shape index (κ2) is 7.61. The Balaban J connectivity index is 1.47. The van der Waals surface area contributed by atoms with Crippen molar-refractivity contribution in [3.8, 4) is 0 Å². The average Bonchev–Trinajstić information content (AvgIpc) is 2.56. The Kier molecular flexibility index (Phi) is 5.54. The number of hydrogen-bond donors (Lipinski definition) is 2. The zero-order valence-corrected chi connectivity index (χ0v) is 14.5. The molecule has 2 aliphatic rings. The van der Waals surface area contributed by atoms with Crippen molar-refractivity contribution in [2.75, 3.05) is 20.1 Å². The summed E-state index contributed by atoms with van der Waals surface area (Å²) in [6.45, 7) is 6.46. The van der Waals surface area contributed by atoms with Crippen LogP contribution in [0.25, 0.3) is 0 Å². The minimum Gasteiger partial charge on any atom is -0.332 e. The van der Waals surface area contributed by atoms with Crippen molar-refractivity contribution in [1.82, 2.24) is 0 Å². The normalized spacial score (nSPS) is 34.3. The van der Waals surface area contributed by atoms with Gasteiger partial charge in [0.15, 0.2) is 0 Å². The van der Waals surface area contributed by atoms with Crippen LogP contribution in [0.3, 0.4) is 0 Å². The summed E-state index contributed by atoms with van der Waals surface area (Å²) in [4.78, 5) is 3.64. The molecule has 1 heterocycles. The summed E-state index contributed by atoms with van der Waals surface area (Å²) in [6.07, 6.45) is 8.73. The van der Waals surface area contributed by atoms with Gasteiger partial charge in [-0.1, -0.05) is 43.7 Å². The summed E-state index contributed by atoms with van der Waals surface area (Å²) in [5.74, 6) is 0.968. The molecule has 0 amide bonds. The monoisotopic (exact) mass is 302 g/mol. The van der Waals surface area contributed by atoms with E-state index in [0.717, 1.165) is 18.0 Å². The van der Waals surface area contributed by atoms with E-state index >= 15 is 0 Å².